The molecule has 3 aromatic rings. The number of ketones is 1. The summed E-state index contributed by atoms with van der Waals surface area (Å²) in [7, 11) is 0. The SMILES string of the molecule is C=CCOc1ccc(/C(O)=C2\C(=O)C(=O)N(Cc3ccco3)C2c2ccccc2)cc1. The lowest BCUT2D eigenvalue weighted by Gasteiger charge is -2.24. The van der Waals surface area contributed by atoms with Crippen molar-refractivity contribution in [1.29, 1.82) is 0 Å². The van der Waals surface area contributed by atoms with Crippen molar-refractivity contribution < 1.29 is 23.8 Å². The van der Waals surface area contributed by atoms with E-state index in [9.17, 15) is 14.7 Å². The number of likely N-dealkylation sites (tertiary alicyclic amines) is 1. The quantitative estimate of drug-likeness (QED) is 0.267. The maximum absolute atomic E-state index is 13.0. The van der Waals surface area contributed by atoms with Crippen molar-refractivity contribution in [1.82, 2.24) is 4.90 Å². The van der Waals surface area contributed by atoms with E-state index in [1.807, 2.05) is 30.3 Å². The number of furan rings is 1. The van der Waals surface area contributed by atoms with Crippen LogP contribution in [-0.2, 0) is 16.1 Å². The minimum Gasteiger partial charge on any atom is -0.507 e. The lowest BCUT2D eigenvalue weighted by atomic mass is 9.95. The zero-order valence-corrected chi connectivity index (χ0v) is 16.7. The zero-order valence-electron chi connectivity index (χ0n) is 16.7. The van der Waals surface area contributed by atoms with Crippen LogP contribution in [0.4, 0.5) is 0 Å². The lowest BCUT2D eigenvalue weighted by molar-refractivity contribution is -0.140. The van der Waals surface area contributed by atoms with Crippen molar-refractivity contribution >= 4 is 17.4 Å². The average molecular weight is 415 g/mol. The number of nitrogens with zero attached hydrogens (tertiary/aromatic N) is 1. The first-order valence-electron chi connectivity index (χ1n) is 9.80. The molecule has 1 amide bonds. The van der Waals surface area contributed by atoms with Crippen molar-refractivity contribution in [2.24, 2.45) is 0 Å². The zero-order chi connectivity index (χ0) is 21.8. The summed E-state index contributed by atoms with van der Waals surface area (Å²) < 4.78 is 10.8. The van der Waals surface area contributed by atoms with Gasteiger partial charge in [-0.1, -0.05) is 43.0 Å². The normalized spacial score (nSPS) is 17.7. The Morgan fingerprint density at radius 2 is 1.81 bits per heavy atom. The van der Waals surface area contributed by atoms with Crippen LogP contribution >= 0.6 is 0 Å². The number of rotatable bonds is 7. The molecule has 0 radical (unpaired) electrons. The highest BCUT2D eigenvalue weighted by molar-refractivity contribution is 6.46. The van der Waals surface area contributed by atoms with Crippen LogP contribution in [0.15, 0.2) is 95.6 Å². The average Bonchev–Trinajstić information content (AvgIpc) is 3.40. The highest BCUT2D eigenvalue weighted by atomic mass is 16.5. The van der Waals surface area contributed by atoms with Gasteiger partial charge in [0, 0.05) is 5.56 Å². The molecule has 0 saturated carbocycles. The van der Waals surface area contributed by atoms with E-state index in [-0.39, 0.29) is 17.9 Å². The fourth-order valence-electron chi connectivity index (χ4n) is 3.62. The molecule has 1 atom stereocenters. The summed E-state index contributed by atoms with van der Waals surface area (Å²) >= 11 is 0. The Morgan fingerprint density at radius 1 is 1.06 bits per heavy atom. The molecule has 6 nitrogen and oxygen atoms in total. The first-order valence-corrected chi connectivity index (χ1v) is 9.80. The molecule has 0 aliphatic carbocycles. The van der Waals surface area contributed by atoms with E-state index in [1.54, 1.807) is 42.5 Å². The number of ether oxygens (including phenoxy) is 1. The van der Waals surface area contributed by atoms with Crippen LogP contribution in [-0.4, -0.2) is 28.3 Å². The van der Waals surface area contributed by atoms with E-state index in [0.717, 1.165) is 5.56 Å². The summed E-state index contributed by atoms with van der Waals surface area (Å²) in [6.45, 7) is 4.08. The van der Waals surface area contributed by atoms with E-state index in [1.165, 1.54) is 11.2 Å². The third-order valence-corrected chi connectivity index (χ3v) is 5.06. The van der Waals surface area contributed by atoms with Crippen molar-refractivity contribution in [3.8, 4) is 5.75 Å². The van der Waals surface area contributed by atoms with E-state index in [2.05, 4.69) is 6.58 Å². The van der Waals surface area contributed by atoms with E-state index < -0.39 is 17.7 Å². The van der Waals surface area contributed by atoms with Crippen molar-refractivity contribution in [2.45, 2.75) is 12.6 Å². The molecule has 31 heavy (non-hydrogen) atoms. The molecule has 6 heteroatoms. The van der Waals surface area contributed by atoms with Gasteiger partial charge < -0.3 is 19.2 Å². The van der Waals surface area contributed by atoms with Crippen LogP contribution in [0.25, 0.3) is 5.76 Å². The van der Waals surface area contributed by atoms with Gasteiger partial charge in [-0.2, -0.15) is 0 Å². The van der Waals surface area contributed by atoms with Crippen LogP contribution in [0.5, 0.6) is 5.75 Å². The molecule has 0 bridgehead atoms. The molecular weight excluding hydrogens is 394 g/mol. The summed E-state index contributed by atoms with van der Waals surface area (Å²) in [6, 6.07) is 18.6. The number of aliphatic hydroxyl groups is 1. The van der Waals surface area contributed by atoms with Crippen molar-refractivity contribution in [3.05, 3.63) is 108 Å². The molecule has 1 aliphatic heterocycles. The second-order valence-electron chi connectivity index (χ2n) is 7.04. The molecule has 1 fully saturated rings. The van der Waals surface area contributed by atoms with Crippen LogP contribution in [0.1, 0.15) is 22.9 Å². The molecule has 2 aromatic carbocycles. The summed E-state index contributed by atoms with van der Waals surface area (Å²) in [5.74, 6) is -0.493. The standard InChI is InChI=1S/C25H21NO5/c1-2-14-30-19-12-10-18(11-13-19)23(27)21-22(17-7-4-3-5-8-17)26(25(29)24(21)28)16-20-9-6-15-31-20/h2-13,15,22,27H,1,14,16H2/b23-21+. The van der Waals surface area contributed by atoms with Gasteiger partial charge in [-0.15, -0.1) is 0 Å². The summed E-state index contributed by atoms with van der Waals surface area (Å²) in [6.07, 6.45) is 3.15. The number of carbonyl (C=O) groups is 2. The van der Waals surface area contributed by atoms with Gasteiger partial charge in [-0.25, -0.2) is 0 Å². The van der Waals surface area contributed by atoms with Crippen LogP contribution < -0.4 is 4.74 Å². The van der Waals surface area contributed by atoms with Crippen LogP contribution in [0.2, 0.25) is 0 Å². The minimum atomic E-state index is -0.733. The second-order valence-corrected chi connectivity index (χ2v) is 7.04. The van der Waals surface area contributed by atoms with E-state index in [4.69, 9.17) is 9.15 Å². The van der Waals surface area contributed by atoms with Gasteiger partial charge in [0.15, 0.2) is 0 Å². The Bertz CT molecular complexity index is 1110. The van der Waals surface area contributed by atoms with Gasteiger partial charge in [-0.3, -0.25) is 9.59 Å². The maximum atomic E-state index is 13.0. The molecule has 1 saturated heterocycles. The summed E-state index contributed by atoms with van der Waals surface area (Å²) in [5, 5.41) is 11.1. The van der Waals surface area contributed by atoms with Gasteiger partial charge in [-0.05, 0) is 42.0 Å². The maximum Gasteiger partial charge on any atom is 0.296 e. The number of Topliss-reactive ketones (excluding diaryl/α,β-unsaturated/α-hetero) is 1. The molecule has 0 spiro atoms. The van der Waals surface area contributed by atoms with Crippen LogP contribution in [0, 0.1) is 0 Å². The molecule has 1 aliphatic rings. The number of aliphatic hydroxyl groups excluding tert-OH is 1. The fraction of sp³-hybridized carbons (Fsp3) is 0.120. The van der Waals surface area contributed by atoms with Gasteiger partial charge in [0.1, 0.15) is 23.9 Å². The van der Waals surface area contributed by atoms with Gasteiger partial charge >= 0.3 is 0 Å². The molecular formula is C25H21NO5. The minimum absolute atomic E-state index is 0.0440. The van der Waals surface area contributed by atoms with E-state index >= 15 is 0 Å². The Balaban J connectivity index is 1.77. The summed E-state index contributed by atoms with van der Waals surface area (Å²) in [4.78, 5) is 27.3. The number of benzene rings is 2. The van der Waals surface area contributed by atoms with Crippen LogP contribution in [0.3, 0.4) is 0 Å². The third kappa shape index (κ3) is 4.00. The largest absolute Gasteiger partial charge is 0.507 e. The Labute approximate surface area is 179 Å². The molecule has 1 N–H and O–H groups in total. The van der Waals surface area contributed by atoms with Gasteiger partial charge in [0.05, 0.1) is 24.4 Å². The molecule has 4 rings (SSSR count). The first-order chi connectivity index (χ1) is 15.1. The highest BCUT2D eigenvalue weighted by Crippen LogP contribution is 2.40. The number of hydrogen-bond acceptors (Lipinski definition) is 5. The molecule has 2 heterocycles. The fourth-order valence-corrected chi connectivity index (χ4v) is 3.62. The van der Waals surface area contributed by atoms with Gasteiger partial charge in [0.25, 0.3) is 11.7 Å². The first kappa shape index (κ1) is 20.2. The molecule has 1 aromatic heterocycles. The lowest BCUT2D eigenvalue weighted by Crippen LogP contribution is -2.29. The number of hydrogen-bond donors (Lipinski definition) is 1. The van der Waals surface area contributed by atoms with E-state index in [0.29, 0.717) is 23.7 Å². The summed E-state index contributed by atoms with van der Waals surface area (Å²) in [5.41, 5.74) is 1.19. The highest BCUT2D eigenvalue weighted by Gasteiger charge is 2.46. The topological polar surface area (TPSA) is 80.0 Å². The predicted molar refractivity (Wildman–Crippen MR) is 115 cm³/mol. The van der Waals surface area contributed by atoms with Crippen molar-refractivity contribution in [3.63, 3.8) is 0 Å². The second kappa shape index (κ2) is 8.75. The third-order valence-electron chi connectivity index (χ3n) is 5.06. The monoisotopic (exact) mass is 415 g/mol. The Morgan fingerprint density at radius 3 is 2.45 bits per heavy atom. The predicted octanol–water partition coefficient (Wildman–Crippen LogP) is 4.47. The Hall–Kier alpha value is -4.06. The van der Waals surface area contributed by atoms with Gasteiger partial charge in [0.2, 0.25) is 0 Å². The molecule has 156 valence electrons. The molecule has 1 unspecified atom stereocenters. The smallest absolute Gasteiger partial charge is 0.296 e. The number of carbonyl (C=O) groups excluding carboxylic acids is 2. The number of amides is 1. The Kier molecular flexibility index (Phi) is 5.71. The van der Waals surface area contributed by atoms with Crippen molar-refractivity contribution in [2.75, 3.05) is 6.61 Å².